The van der Waals surface area contributed by atoms with Crippen LogP contribution in [0, 0.1) is 18.3 Å². The average Bonchev–Trinajstić information content (AvgIpc) is 2.71. The van der Waals surface area contributed by atoms with E-state index in [1.165, 1.54) is 12.1 Å². The molecule has 0 spiro atoms. The van der Waals surface area contributed by atoms with Crippen LogP contribution < -0.4 is 14.8 Å². The van der Waals surface area contributed by atoms with Crippen LogP contribution in [0.3, 0.4) is 0 Å². The molecule has 106 valence electrons. The molecule has 0 radical (unpaired) electrons. The number of benzene rings is 1. The van der Waals surface area contributed by atoms with E-state index in [0.29, 0.717) is 22.8 Å². The fourth-order valence-electron chi connectivity index (χ4n) is 1.97. The van der Waals surface area contributed by atoms with Crippen LogP contribution in [-0.2, 0) is 0 Å². The molecule has 21 heavy (non-hydrogen) atoms. The number of fused-ring (bicyclic) bond motifs is 1. The van der Waals surface area contributed by atoms with Crippen molar-refractivity contribution >= 4 is 11.5 Å². The van der Waals surface area contributed by atoms with E-state index >= 15 is 0 Å². The number of ether oxygens (including phenoxy) is 2. The van der Waals surface area contributed by atoms with Gasteiger partial charge in [-0.1, -0.05) is 0 Å². The number of nitriles is 1. The molecule has 5 nitrogen and oxygen atoms in total. The van der Waals surface area contributed by atoms with Gasteiger partial charge in [0.05, 0.1) is 11.6 Å². The van der Waals surface area contributed by atoms with E-state index < -0.39 is 6.29 Å². The van der Waals surface area contributed by atoms with Gasteiger partial charge in [-0.15, -0.1) is 8.78 Å². The highest BCUT2D eigenvalue weighted by molar-refractivity contribution is 5.63. The zero-order valence-electron chi connectivity index (χ0n) is 10.9. The molecular weight excluding hydrogens is 280 g/mol. The summed E-state index contributed by atoms with van der Waals surface area (Å²) in [6, 6.07) is 9.54. The van der Waals surface area contributed by atoms with E-state index in [1.54, 1.807) is 25.1 Å². The molecule has 1 aliphatic rings. The van der Waals surface area contributed by atoms with Gasteiger partial charge in [0, 0.05) is 17.4 Å². The summed E-state index contributed by atoms with van der Waals surface area (Å²) < 4.78 is 34.6. The molecule has 3 rings (SSSR count). The number of pyridine rings is 1. The molecule has 2 heterocycles. The summed E-state index contributed by atoms with van der Waals surface area (Å²) in [7, 11) is 0. The number of hydrogen-bond acceptors (Lipinski definition) is 5. The van der Waals surface area contributed by atoms with Crippen LogP contribution >= 0.6 is 0 Å². The molecule has 0 bridgehead atoms. The molecule has 0 saturated heterocycles. The van der Waals surface area contributed by atoms with Crippen LogP contribution in [-0.4, -0.2) is 11.3 Å². The highest BCUT2D eigenvalue weighted by Crippen LogP contribution is 2.42. The van der Waals surface area contributed by atoms with Gasteiger partial charge in [-0.05, 0) is 31.2 Å². The third-order valence-corrected chi connectivity index (χ3v) is 2.76. The number of anilines is 2. The fraction of sp³-hybridized carbons (Fsp3) is 0.143. The number of nitrogens with one attached hydrogen (secondary N) is 1. The summed E-state index contributed by atoms with van der Waals surface area (Å²) in [4.78, 5) is 4.22. The first kappa shape index (κ1) is 13.1. The number of aryl methyl sites for hydroxylation is 1. The van der Waals surface area contributed by atoms with Crippen molar-refractivity contribution in [3.63, 3.8) is 0 Å². The minimum Gasteiger partial charge on any atom is -0.395 e. The van der Waals surface area contributed by atoms with Crippen LogP contribution in [0.5, 0.6) is 11.5 Å². The standard InChI is InChI=1S/C14H9F2N3O2/c1-8-4-9(7-17)5-13(18-8)19-10-2-3-11-12(6-10)21-14(15,16)20-11/h2-6H,1H3,(H,18,19). The van der Waals surface area contributed by atoms with E-state index in [4.69, 9.17) is 5.26 Å². The summed E-state index contributed by atoms with van der Waals surface area (Å²) in [5.41, 5.74) is 1.62. The van der Waals surface area contributed by atoms with Gasteiger partial charge in [-0.3, -0.25) is 0 Å². The number of hydrogen-bond donors (Lipinski definition) is 1. The number of aromatic nitrogens is 1. The van der Waals surface area contributed by atoms with Gasteiger partial charge in [0.25, 0.3) is 0 Å². The monoisotopic (exact) mass is 289 g/mol. The van der Waals surface area contributed by atoms with Crippen molar-refractivity contribution in [3.8, 4) is 17.6 Å². The summed E-state index contributed by atoms with van der Waals surface area (Å²) in [5, 5.41) is 11.8. The molecule has 1 N–H and O–H groups in total. The van der Waals surface area contributed by atoms with Crippen LogP contribution in [0.15, 0.2) is 30.3 Å². The smallest absolute Gasteiger partial charge is 0.395 e. The third-order valence-electron chi connectivity index (χ3n) is 2.76. The molecule has 0 fully saturated rings. The second-order valence-corrected chi connectivity index (χ2v) is 4.45. The largest absolute Gasteiger partial charge is 0.586 e. The van der Waals surface area contributed by atoms with Crippen LogP contribution in [0.1, 0.15) is 11.3 Å². The van der Waals surface area contributed by atoms with Crippen molar-refractivity contribution in [2.75, 3.05) is 5.32 Å². The highest BCUT2D eigenvalue weighted by atomic mass is 19.3. The van der Waals surface area contributed by atoms with Gasteiger partial charge >= 0.3 is 6.29 Å². The van der Waals surface area contributed by atoms with Gasteiger partial charge in [-0.2, -0.15) is 5.26 Å². The minimum atomic E-state index is -3.64. The van der Waals surface area contributed by atoms with Crippen LogP contribution in [0.25, 0.3) is 0 Å². The van der Waals surface area contributed by atoms with Gasteiger partial charge < -0.3 is 14.8 Å². The third kappa shape index (κ3) is 2.69. The molecule has 0 aliphatic carbocycles. The van der Waals surface area contributed by atoms with Crippen molar-refractivity contribution in [2.24, 2.45) is 0 Å². The molecule has 0 saturated carbocycles. The Morgan fingerprint density at radius 1 is 1.19 bits per heavy atom. The van der Waals surface area contributed by atoms with E-state index in [0.717, 1.165) is 0 Å². The van der Waals surface area contributed by atoms with Crippen molar-refractivity contribution in [3.05, 3.63) is 41.6 Å². The Bertz CT molecular complexity index is 756. The lowest BCUT2D eigenvalue weighted by Gasteiger charge is -2.07. The Balaban J connectivity index is 1.87. The number of alkyl halides is 2. The van der Waals surface area contributed by atoms with E-state index in [1.807, 2.05) is 6.07 Å². The van der Waals surface area contributed by atoms with Crippen LogP contribution in [0.4, 0.5) is 20.3 Å². The maximum atomic E-state index is 12.9. The molecule has 1 aromatic carbocycles. The molecule has 2 aromatic rings. The first-order valence-electron chi connectivity index (χ1n) is 6.01. The molecule has 7 heteroatoms. The Kier molecular flexibility index (Phi) is 2.87. The predicted octanol–water partition coefficient (Wildman–Crippen LogP) is 3.33. The second kappa shape index (κ2) is 4.59. The maximum Gasteiger partial charge on any atom is 0.586 e. The van der Waals surface area contributed by atoms with Gasteiger partial charge in [-0.25, -0.2) is 4.98 Å². The van der Waals surface area contributed by atoms with E-state index in [2.05, 4.69) is 19.8 Å². The van der Waals surface area contributed by atoms with Crippen molar-refractivity contribution in [2.45, 2.75) is 13.2 Å². The highest BCUT2D eigenvalue weighted by Gasteiger charge is 2.43. The quantitative estimate of drug-likeness (QED) is 0.918. The molecule has 1 aromatic heterocycles. The van der Waals surface area contributed by atoms with Crippen LogP contribution in [0.2, 0.25) is 0 Å². The Morgan fingerprint density at radius 3 is 2.71 bits per heavy atom. The predicted molar refractivity (Wildman–Crippen MR) is 69.6 cm³/mol. The maximum absolute atomic E-state index is 12.9. The topological polar surface area (TPSA) is 67.2 Å². The molecule has 0 atom stereocenters. The first-order chi connectivity index (χ1) is 9.95. The number of halogens is 2. The van der Waals surface area contributed by atoms with E-state index in [9.17, 15) is 8.78 Å². The Hall–Kier alpha value is -2.88. The van der Waals surface area contributed by atoms with E-state index in [-0.39, 0.29) is 11.5 Å². The average molecular weight is 289 g/mol. The zero-order valence-corrected chi connectivity index (χ0v) is 10.9. The minimum absolute atomic E-state index is 0.0273. The Labute approximate surface area is 118 Å². The fourth-order valence-corrected chi connectivity index (χ4v) is 1.97. The molecule has 0 amide bonds. The van der Waals surface area contributed by atoms with Gasteiger partial charge in [0.1, 0.15) is 5.82 Å². The summed E-state index contributed by atoms with van der Waals surface area (Å²) in [5.74, 6) is 0.357. The second-order valence-electron chi connectivity index (χ2n) is 4.45. The normalized spacial score (nSPS) is 14.6. The summed E-state index contributed by atoms with van der Waals surface area (Å²) in [6.07, 6.45) is -3.64. The van der Waals surface area contributed by atoms with Gasteiger partial charge in [0.15, 0.2) is 11.5 Å². The first-order valence-corrected chi connectivity index (χ1v) is 6.01. The number of nitrogens with zero attached hydrogens (tertiary/aromatic N) is 2. The lowest BCUT2D eigenvalue weighted by molar-refractivity contribution is -0.286. The van der Waals surface area contributed by atoms with Crippen molar-refractivity contribution in [1.82, 2.24) is 4.98 Å². The molecule has 1 aliphatic heterocycles. The summed E-state index contributed by atoms with van der Waals surface area (Å²) >= 11 is 0. The van der Waals surface area contributed by atoms with Gasteiger partial charge in [0.2, 0.25) is 0 Å². The van der Waals surface area contributed by atoms with Crippen molar-refractivity contribution in [1.29, 1.82) is 5.26 Å². The lowest BCUT2D eigenvalue weighted by atomic mass is 10.2. The Morgan fingerprint density at radius 2 is 1.95 bits per heavy atom. The SMILES string of the molecule is Cc1cc(C#N)cc(Nc2ccc3c(c2)OC(F)(F)O3)n1. The molecule has 0 unspecified atom stereocenters. The zero-order chi connectivity index (χ0) is 15.0. The van der Waals surface area contributed by atoms with Crippen molar-refractivity contribution < 1.29 is 18.3 Å². The molecular formula is C14H9F2N3O2. The lowest BCUT2D eigenvalue weighted by Crippen LogP contribution is -2.25. The summed E-state index contributed by atoms with van der Waals surface area (Å²) in [6.45, 7) is 1.76. The number of rotatable bonds is 2.